The predicted molar refractivity (Wildman–Crippen MR) is 75.9 cm³/mol. The molecule has 0 fully saturated rings. The van der Waals surface area contributed by atoms with Crippen molar-refractivity contribution in [3.05, 3.63) is 59.4 Å². The number of nitrogens with one attached hydrogen (secondary N) is 1. The van der Waals surface area contributed by atoms with Gasteiger partial charge < -0.3 is 22.3 Å². The summed E-state index contributed by atoms with van der Waals surface area (Å²) in [5.74, 6) is -0.00306. The SMILES string of the molecule is Cc1cccc(C)c1NC(=O)C[n+]1ccccc1C.[Br-]. The Bertz CT molecular complexity index is 591. The van der Waals surface area contributed by atoms with E-state index in [4.69, 9.17) is 0 Å². The number of carbonyl (C=O) groups excluding carboxylic acids is 1. The molecule has 1 aromatic carbocycles. The topological polar surface area (TPSA) is 33.0 Å². The van der Waals surface area contributed by atoms with Crippen LogP contribution in [0, 0.1) is 20.8 Å². The number of hydrogen-bond donors (Lipinski definition) is 1. The minimum atomic E-state index is -0.00306. The molecule has 3 nitrogen and oxygen atoms in total. The van der Waals surface area contributed by atoms with Gasteiger partial charge in [-0.1, -0.05) is 24.3 Å². The number of rotatable bonds is 3. The van der Waals surface area contributed by atoms with E-state index in [1.807, 2.05) is 67.9 Å². The first-order chi connectivity index (χ1) is 9.08. The minimum absolute atomic E-state index is 0. The lowest BCUT2D eigenvalue weighted by Crippen LogP contribution is -3.00. The minimum Gasteiger partial charge on any atom is -1.00 e. The molecule has 0 unspecified atom stereocenters. The molecular formula is C16H19BrN2O. The molecule has 0 saturated carbocycles. The fraction of sp³-hybridized carbons (Fsp3) is 0.250. The first kappa shape index (κ1) is 16.4. The molecular weight excluding hydrogens is 316 g/mol. The molecule has 1 N–H and O–H groups in total. The van der Waals surface area contributed by atoms with Crippen molar-refractivity contribution in [2.75, 3.05) is 5.32 Å². The highest BCUT2D eigenvalue weighted by Crippen LogP contribution is 2.19. The lowest BCUT2D eigenvalue weighted by atomic mass is 10.1. The van der Waals surface area contributed by atoms with Crippen molar-refractivity contribution < 1.29 is 26.3 Å². The number of amides is 1. The van der Waals surface area contributed by atoms with Gasteiger partial charge in [-0.3, -0.25) is 4.79 Å². The molecule has 1 aromatic heterocycles. The second kappa shape index (κ2) is 7.20. The highest BCUT2D eigenvalue weighted by Gasteiger charge is 2.13. The van der Waals surface area contributed by atoms with Gasteiger partial charge in [0.15, 0.2) is 11.9 Å². The van der Waals surface area contributed by atoms with Crippen molar-refractivity contribution in [2.24, 2.45) is 0 Å². The summed E-state index contributed by atoms with van der Waals surface area (Å²) in [4.78, 5) is 12.1. The standard InChI is InChI=1S/C16H18N2O.BrH/c1-12-7-6-8-13(2)16(12)17-15(19)11-18-10-5-4-9-14(18)3;/h4-10H,11H2,1-3H3;1H. The van der Waals surface area contributed by atoms with Crippen LogP contribution in [-0.4, -0.2) is 5.91 Å². The Balaban J connectivity index is 0.00000200. The number of carbonyl (C=O) groups is 1. The summed E-state index contributed by atoms with van der Waals surface area (Å²) >= 11 is 0. The Morgan fingerprint density at radius 2 is 1.70 bits per heavy atom. The number of aromatic nitrogens is 1. The van der Waals surface area contributed by atoms with Crippen LogP contribution in [-0.2, 0) is 11.3 Å². The van der Waals surface area contributed by atoms with Gasteiger partial charge in [0.05, 0.1) is 0 Å². The quantitative estimate of drug-likeness (QED) is 0.757. The van der Waals surface area contributed by atoms with Crippen LogP contribution in [0.15, 0.2) is 42.6 Å². The molecule has 20 heavy (non-hydrogen) atoms. The average molecular weight is 335 g/mol. The molecule has 0 atom stereocenters. The third kappa shape index (κ3) is 3.90. The molecule has 106 valence electrons. The van der Waals surface area contributed by atoms with E-state index in [1.165, 1.54) is 0 Å². The summed E-state index contributed by atoms with van der Waals surface area (Å²) in [6.07, 6.45) is 1.92. The Morgan fingerprint density at radius 3 is 2.30 bits per heavy atom. The van der Waals surface area contributed by atoms with Crippen LogP contribution >= 0.6 is 0 Å². The molecule has 0 aliphatic carbocycles. The second-order valence-corrected chi connectivity index (χ2v) is 4.78. The molecule has 2 rings (SSSR count). The third-order valence-electron chi connectivity index (χ3n) is 3.23. The van der Waals surface area contributed by atoms with E-state index in [0.717, 1.165) is 22.5 Å². The normalized spacial score (nSPS) is 9.75. The molecule has 2 aromatic rings. The number of aryl methyl sites for hydroxylation is 3. The predicted octanol–water partition coefficient (Wildman–Crippen LogP) is -0.458. The van der Waals surface area contributed by atoms with Crippen LogP contribution in [0.25, 0.3) is 0 Å². The Morgan fingerprint density at radius 1 is 1.05 bits per heavy atom. The summed E-state index contributed by atoms with van der Waals surface area (Å²) in [6.45, 7) is 6.33. The van der Waals surface area contributed by atoms with E-state index < -0.39 is 0 Å². The monoisotopic (exact) mass is 334 g/mol. The maximum Gasteiger partial charge on any atom is 0.290 e. The smallest absolute Gasteiger partial charge is 0.290 e. The van der Waals surface area contributed by atoms with E-state index in [1.54, 1.807) is 0 Å². The van der Waals surface area contributed by atoms with Gasteiger partial charge in [0.1, 0.15) is 0 Å². The van der Waals surface area contributed by atoms with Crippen LogP contribution in [0.5, 0.6) is 0 Å². The number of pyridine rings is 1. The average Bonchev–Trinajstić information content (AvgIpc) is 2.37. The van der Waals surface area contributed by atoms with Crippen molar-refractivity contribution in [2.45, 2.75) is 27.3 Å². The first-order valence-corrected chi connectivity index (χ1v) is 6.39. The van der Waals surface area contributed by atoms with Crippen LogP contribution in [0.1, 0.15) is 16.8 Å². The summed E-state index contributed by atoms with van der Waals surface area (Å²) in [5.41, 5.74) is 4.16. The summed E-state index contributed by atoms with van der Waals surface area (Å²) in [6, 6.07) is 11.9. The fourth-order valence-electron chi connectivity index (χ4n) is 2.08. The van der Waals surface area contributed by atoms with Gasteiger partial charge in [-0.15, -0.1) is 0 Å². The molecule has 4 heteroatoms. The maximum atomic E-state index is 12.1. The number of nitrogens with zero attached hydrogens (tertiary/aromatic N) is 1. The van der Waals surface area contributed by atoms with Crippen LogP contribution < -0.4 is 26.9 Å². The van der Waals surface area contributed by atoms with Crippen molar-refractivity contribution >= 4 is 11.6 Å². The number of hydrogen-bond acceptors (Lipinski definition) is 1. The zero-order valence-corrected chi connectivity index (χ0v) is 13.6. The summed E-state index contributed by atoms with van der Waals surface area (Å²) in [7, 11) is 0. The Hall–Kier alpha value is -1.68. The molecule has 0 aliphatic rings. The van der Waals surface area contributed by atoms with Gasteiger partial charge in [-0.05, 0) is 25.0 Å². The van der Waals surface area contributed by atoms with Crippen LogP contribution in [0.2, 0.25) is 0 Å². The van der Waals surface area contributed by atoms with Gasteiger partial charge in [0, 0.05) is 24.7 Å². The Labute approximate surface area is 130 Å². The number of benzene rings is 1. The summed E-state index contributed by atoms with van der Waals surface area (Å²) in [5, 5.41) is 2.99. The van der Waals surface area contributed by atoms with Crippen molar-refractivity contribution in [3.8, 4) is 0 Å². The maximum absolute atomic E-state index is 12.1. The van der Waals surface area contributed by atoms with Crippen LogP contribution in [0.4, 0.5) is 5.69 Å². The third-order valence-corrected chi connectivity index (χ3v) is 3.23. The van der Waals surface area contributed by atoms with Crippen LogP contribution in [0.3, 0.4) is 0 Å². The van der Waals surface area contributed by atoms with Gasteiger partial charge >= 0.3 is 0 Å². The van der Waals surface area contributed by atoms with Gasteiger partial charge in [0.2, 0.25) is 6.54 Å². The van der Waals surface area contributed by atoms with E-state index in [-0.39, 0.29) is 22.9 Å². The Kier molecular flexibility index (Phi) is 5.89. The van der Waals surface area contributed by atoms with E-state index in [9.17, 15) is 4.79 Å². The molecule has 0 spiro atoms. The van der Waals surface area contributed by atoms with Crippen molar-refractivity contribution in [3.63, 3.8) is 0 Å². The van der Waals surface area contributed by atoms with Crippen molar-refractivity contribution in [1.82, 2.24) is 0 Å². The van der Waals surface area contributed by atoms with Gasteiger partial charge in [0.25, 0.3) is 5.91 Å². The molecule has 0 aliphatic heterocycles. The lowest BCUT2D eigenvalue weighted by molar-refractivity contribution is -0.690. The molecule has 0 saturated heterocycles. The van der Waals surface area contributed by atoms with E-state index in [2.05, 4.69) is 5.32 Å². The molecule has 1 amide bonds. The highest BCUT2D eigenvalue weighted by molar-refractivity contribution is 5.91. The van der Waals surface area contributed by atoms with E-state index >= 15 is 0 Å². The van der Waals surface area contributed by atoms with Crippen molar-refractivity contribution in [1.29, 1.82) is 0 Å². The van der Waals surface area contributed by atoms with Gasteiger partial charge in [-0.25, -0.2) is 0 Å². The zero-order valence-electron chi connectivity index (χ0n) is 12.0. The largest absolute Gasteiger partial charge is 1.00 e. The number of para-hydroxylation sites is 1. The zero-order chi connectivity index (χ0) is 13.8. The fourth-order valence-corrected chi connectivity index (χ4v) is 2.08. The molecule has 0 bridgehead atoms. The summed E-state index contributed by atoms with van der Waals surface area (Å²) < 4.78 is 1.93. The second-order valence-electron chi connectivity index (χ2n) is 4.78. The highest BCUT2D eigenvalue weighted by atomic mass is 79.9. The molecule has 1 heterocycles. The first-order valence-electron chi connectivity index (χ1n) is 6.39. The number of halogens is 1. The lowest BCUT2D eigenvalue weighted by Gasteiger charge is -2.10. The van der Waals surface area contributed by atoms with Gasteiger partial charge in [-0.2, -0.15) is 4.57 Å². The molecule has 0 radical (unpaired) electrons. The van der Waals surface area contributed by atoms with E-state index in [0.29, 0.717) is 6.54 Å². The number of anilines is 1.